The molecule has 9 nitrogen and oxygen atoms in total. The van der Waals surface area contributed by atoms with Gasteiger partial charge in [0.25, 0.3) is 5.91 Å². The van der Waals surface area contributed by atoms with Gasteiger partial charge in [-0.15, -0.1) is 13.2 Å². The van der Waals surface area contributed by atoms with Gasteiger partial charge in [-0.2, -0.15) is 9.61 Å². The zero-order valence-corrected chi connectivity index (χ0v) is 25.2. The lowest BCUT2D eigenvalue weighted by molar-refractivity contribution is -0.160. The number of aliphatic carboxylic acids is 1. The number of allylic oxidation sites excluding steroid dienone is 2. The maximum Gasteiger partial charge on any atom is 0.337 e. The van der Waals surface area contributed by atoms with E-state index in [1.807, 2.05) is 51.1 Å². The third-order valence-electron chi connectivity index (χ3n) is 7.58. The van der Waals surface area contributed by atoms with E-state index < -0.39 is 17.7 Å². The number of hydrogen-bond donors (Lipinski definition) is 2. The highest BCUT2D eigenvalue weighted by atomic mass is 16.5. The average molecular weight is 574 g/mol. The monoisotopic (exact) mass is 573 g/mol. The summed E-state index contributed by atoms with van der Waals surface area (Å²) in [7, 11) is 0. The number of rotatable bonds is 12. The van der Waals surface area contributed by atoms with Gasteiger partial charge in [-0.1, -0.05) is 36.4 Å². The second-order valence-corrected chi connectivity index (χ2v) is 11.9. The summed E-state index contributed by atoms with van der Waals surface area (Å²) < 4.78 is 7.70. The lowest BCUT2D eigenvalue weighted by Gasteiger charge is -2.36. The van der Waals surface area contributed by atoms with Crippen molar-refractivity contribution in [1.29, 1.82) is 0 Å². The molecule has 1 atom stereocenters. The van der Waals surface area contributed by atoms with E-state index >= 15 is 0 Å². The standard InChI is InChI=1S/C33H43N5O4/c1-7-9-13-24-14-10-11-15-25(24)21-34-30(39)26-20-27-35-22(3)28(29(32(40)41)42-33(4,5)6)31(38(27)36-26)37-18-16-23(12-8-2)17-19-37/h7-8,10-11,14-15,20,23,29H,1-2,9,12-13,16-19,21H2,3-6H3,(H,34,39)(H,40,41). The first-order chi connectivity index (χ1) is 20.0. The molecule has 1 unspecified atom stereocenters. The Bertz CT molecular complexity index is 1450. The number of anilines is 1. The van der Waals surface area contributed by atoms with Crippen LogP contribution in [-0.2, 0) is 22.5 Å². The van der Waals surface area contributed by atoms with Crippen LogP contribution in [-0.4, -0.2) is 50.3 Å². The van der Waals surface area contributed by atoms with Crippen LogP contribution >= 0.6 is 0 Å². The molecule has 1 aliphatic heterocycles. The lowest BCUT2D eigenvalue weighted by Crippen LogP contribution is -2.37. The van der Waals surface area contributed by atoms with Crippen molar-refractivity contribution in [2.24, 2.45) is 5.92 Å². The predicted molar refractivity (Wildman–Crippen MR) is 165 cm³/mol. The van der Waals surface area contributed by atoms with Crippen LogP contribution in [0.2, 0.25) is 0 Å². The van der Waals surface area contributed by atoms with Gasteiger partial charge in [-0.25, -0.2) is 9.78 Å². The summed E-state index contributed by atoms with van der Waals surface area (Å²) in [6.07, 6.45) is 7.11. The van der Waals surface area contributed by atoms with Gasteiger partial charge >= 0.3 is 5.97 Å². The molecule has 0 spiro atoms. The van der Waals surface area contributed by atoms with Crippen molar-refractivity contribution in [3.05, 3.63) is 83.7 Å². The van der Waals surface area contributed by atoms with Crippen molar-refractivity contribution in [2.45, 2.75) is 78.0 Å². The molecule has 9 heteroatoms. The number of fused-ring (bicyclic) bond motifs is 1. The average Bonchev–Trinajstić information content (AvgIpc) is 3.37. The van der Waals surface area contributed by atoms with E-state index in [-0.39, 0.29) is 11.6 Å². The Hall–Kier alpha value is -3.98. The Balaban J connectivity index is 1.72. The summed E-state index contributed by atoms with van der Waals surface area (Å²) in [5, 5.41) is 18.0. The number of nitrogens with zero attached hydrogens (tertiary/aromatic N) is 4. The summed E-state index contributed by atoms with van der Waals surface area (Å²) in [5.74, 6) is -0.290. The summed E-state index contributed by atoms with van der Waals surface area (Å²) in [6, 6.07) is 9.68. The maximum absolute atomic E-state index is 13.3. The fourth-order valence-corrected chi connectivity index (χ4v) is 5.54. The SMILES string of the molecule is C=CCCc1ccccc1CNC(=O)c1cc2nc(C)c(C(OC(C)(C)C)C(=O)O)c(N3CCC(CC=C)CC3)n2n1. The van der Waals surface area contributed by atoms with Gasteiger partial charge in [-0.3, -0.25) is 4.79 Å². The maximum atomic E-state index is 13.3. The smallest absolute Gasteiger partial charge is 0.337 e. The fraction of sp³-hybridized carbons (Fsp3) is 0.455. The quantitative estimate of drug-likeness (QED) is 0.263. The van der Waals surface area contributed by atoms with Crippen LogP contribution in [0.15, 0.2) is 55.6 Å². The summed E-state index contributed by atoms with van der Waals surface area (Å²) in [5.41, 5.74) is 3.18. The second-order valence-electron chi connectivity index (χ2n) is 11.9. The Morgan fingerprint density at radius 1 is 1.17 bits per heavy atom. The number of piperidine rings is 1. The highest BCUT2D eigenvalue weighted by molar-refractivity contribution is 5.93. The second kappa shape index (κ2) is 13.3. The van der Waals surface area contributed by atoms with Crippen molar-refractivity contribution in [3.63, 3.8) is 0 Å². The Kier molecular flexibility index (Phi) is 9.83. The van der Waals surface area contributed by atoms with Gasteiger partial charge in [0.1, 0.15) is 5.82 Å². The van der Waals surface area contributed by atoms with Crippen LogP contribution in [0.25, 0.3) is 5.65 Å². The summed E-state index contributed by atoms with van der Waals surface area (Å²) in [4.78, 5) is 32.8. The molecule has 4 rings (SSSR count). The van der Waals surface area contributed by atoms with E-state index in [2.05, 4.69) is 34.5 Å². The van der Waals surface area contributed by atoms with Gasteiger partial charge in [0, 0.05) is 31.4 Å². The minimum absolute atomic E-state index is 0.217. The highest BCUT2D eigenvalue weighted by Gasteiger charge is 2.35. The predicted octanol–water partition coefficient (Wildman–Crippen LogP) is 5.82. The molecule has 2 aromatic heterocycles. The highest BCUT2D eigenvalue weighted by Crippen LogP contribution is 2.36. The van der Waals surface area contributed by atoms with Crippen molar-refractivity contribution in [1.82, 2.24) is 19.9 Å². The number of aryl methyl sites for hydroxylation is 2. The zero-order valence-electron chi connectivity index (χ0n) is 25.2. The molecule has 1 fully saturated rings. The van der Waals surface area contributed by atoms with E-state index in [0.717, 1.165) is 56.3 Å². The van der Waals surface area contributed by atoms with Gasteiger partial charge in [0.15, 0.2) is 17.4 Å². The first-order valence-electron chi connectivity index (χ1n) is 14.6. The Labute approximate surface area is 248 Å². The minimum Gasteiger partial charge on any atom is -0.479 e. The lowest BCUT2D eigenvalue weighted by atomic mass is 9.93. The molecule has 1 aliphatic rings. The number of carboxylic acids is 1. The number of aromatic nitrogens is 3. The molecule has 0 aliphatic carbocycles. The Morgan fingerprint density at radius 3 is 2.48 bits per heavy atom. The number of carbonyl (C=O) groups excluding carboxylic acids is 1. The van der Waals surface area contributed by atoms with E-state index in [4.69, 9.17) is 9.72 Å². The van der Waals surface area contributed by atoms with E-state index in [0.29, 0.717) is 35.2 Å². The topological polar surface area (TPSA) is 109 Å². The number of hydrogen-bond acceptors (Lipinski definition) is 6. The van der Waals surface area contributed by atoms with Crippen LogP contribution in [0.3, 0.4) is 0 Å². The largest absolute Gasteiger partial charge is 0.479 e. The molecule has 3 heterocycles. The Morgan fingerprint density at radius 2 is 1.86 bits per heavy atom. The normalized spacial score (nSPS) is 15.0. The van der Waals surface area contributed by atoms with Crippen molar-refractivity contribution < 1.29 is 19.4 Å². The van der Waals surface area contributed by atoms with Gasteiger partial charge in [-0.05, 0) is 76.8 Å². The zero-order chi connectivity index (χ0) is 30.4. The van der Waals surface area contributed by atoms with Crippen molar-refractivity contribution in [3.8, 4) is 0 Å². The van der Waals surface area contributed by atoms with Crippen LogP contribution in [0.4, 0.5) is 5.82 Å². The number of ether oxygens (including phenoxy) is 1. The molecule has 1 saturated heterocycles. The molecular weight excluding hydrogens is 530 g/mol. The molecule has 42 heavy (non-hydrogen) atoms. The summed E-state index contributed by atoms with van der Waals surface area (Å²) in [6.45, 7) is 16.8. The molecule has 2 N–H and O–H groups in total. The molecule has 1 amide bonds. The van der Waals surface area contributed by atoms with E-state index in [1.54, 1.807) is 17.5 Å². The van der Waals surface area contributed by atoms with Crippen molar-refractivity contribution in [2.75, 3.05) is 18.0 Å². The molecule has 0 saturated carbocycles. The number of nitrogens with one attached hydrogen (secondary N) is 1. The summed E-state index contributed by atoms with van der Waals surface area (Å²) >= 11 is 0. The third kappa shape index (κ3) is 7.26. The molecule has 3 aromatic rings. The van der Waals surface area contributed by atoms with Gasteiger partial charge in [0.05, 0.1) is 11.2 Å². The first kappa shape index (κ1) is 31.0. The van der Waals surface area contributed by atoms with Gasteiger partial charge in [0.2, 0.25) is 0 Å². The van der Waals surface area contributed by atoms with E-state index in [1.165, 1.54) is 0 Å². The van der Waals surface area contributed by atoms with Crippen LogP contribution in [0.5, 0.6) is 0 Å². The number of carbonyl (C=O) groups is 2. The van der Waals surface area contributed by atoms with Gasteiger partial charge < -0.3 is 20.1 Å². The van der Waals surface area contributed by atoms with E-state index in [9.17, 15) is 14.7 Å². The minimum atomic E-state index is -1.25. The number of carboxylic acid groups (broad SMARTS) is 1. The fourth-order valence-electron chi connectivity index (χ4n) is 5.54. The third-order valence-corrected chi connectivity index (χ3v) is 7.58. The molecular formula is C33H43N5O4. The van der Waals surface area contributed by atoms with Crippen LogP contribution in [0, 0.1) is 12.8 Å². The first-order valence-corrected chi connectivity index (χ1v) is 14.6. The molecule has 0 radical (unpaired) electrons. The van der Waals surface area contributed by atoms with Crippen LogP contribution in [0.1, 0.15) is 85.4 Å². The molecule has 0 bridgehead atoms. The van der Waals surface area contributed by atoms with Crippen LogP contribution < -0.4 is 10.2 Å². The number of benzene rings is 1. The van der Waals surface area contributed by atoms with Crippen molar-refractivity contribution >= 4 is 23.3 Å². The molecule has 1 aromatic carbocycles. The number of amides is 1. The molecule has 224 valence electrons.